The summed E-state index contributed by atoms with van der Waals surface area (Å²) in [7, 11) is -1.54. The summed E-state index contributed by atoms with van der Waals surface area (Å²) in [5.41, 5.74) is 0. The van der Waals surface area contributed by atoms with E-state index in [0.29, 0.717) is 0 Å². The topological polar surface area (TPSA) is 9.23 Å². The van der Waals surface area contributed by atoms with Crippen LogP contribution >= 0.6 is 23.5 Å². The lowest BCUT2D eigenvalue weighted by Crippen LogP contribution is -2.35. The molecule has 1 nitrogen and oxygen atoms in total. The second-order valence-electron chi connectivity index (χ2n) is 5.26. The largest absolute Gasteiger partial charge is 0.544 e. The molecule has 4 heteroatoms. The highest BCUT2D eigenvalue weighted by molar-refractivity contribution is 8.17. The standard InChI is InChI=1S/C16H30OS2Si/c1-5-15(17-20(6-2,7-3)8-4)11-9-12-16-18-13-10-14-19-16/h5,11,16H,1,6-10,12-14H2,2-4H3/b15-11-. The van der Waals surface area contributed by atoms with E-state index in [9.17, 15) is 0 Å². The van der Waals surface area contributed by atoms with Gasteiger partial charge in [0.25, 0.3) is 0 Å². The summed E-state index contributed by atoms with van der Waals surface area (Å²) in [6, 6.07) is 3.58. The van der Waals surface area contributed by atoms with E-state index < -0.39 is 8.32 Å². The molecule has 1 aliphatic heterocycles. The van der Waals surface area contributed by atoms with Gasteiger partial charge in [-0.15, -0.1) is 23.5 Å². The predicted molar refractivity (Wildman–Crippen MR) is 99.1 cm³/mol. The summed E-state index contributed by atoms with van der Waals surface area (Å²) in [6.45, 7) is 10.8. The van der Waals surface area contributed by atoms with Gasteiger partial charge in [0.1, 0.15) is 0 Å². The van der Waals surface area contributed by atoms with E-state index in [4.69, 9.17) is 4.43 Å². The average Bonchev–Trinajstić information content (AvgIpc) is 2.52. The van der Waals surface area contributed by atoms with Gasteiger partial charge in [-0.05, 0) is 61.1 Å². The zero-order valence-electron chi connectivity index (χ0n) is 13.3. The van der Waals surface area contributed by atoms with E-state index in [1.807, 2.05) is 6.08 Å². The van der Waals surface area contributed by atoms with E-state index in [1.54, 1.807) is 0 Å². The van der Waals surface area contributed by atoms with Crippen LogP contribution in [-0.4, -0.2) is 24.4 Å². The maximum atomic E-state index is 6.39. The van der Waals surface area contributed by atoms with E-state index in [-0.39, 0.29) is 0 Å². The van der Waals surface area contributed by atoms with Gasteiger partial charge < -0.3 is 4.43 Å². The number of hydrogen-bond acceptors (Lipinski definition) is 3. The molecule has 0 spiro atoms. The Bertz CT molecular complexity index is 299. The first-order valence-corrected chi connectivity index (χ1v) is 12.6. The molecule has 0 unspecified atom stereocenters. The van der Waals surface area contributed by atoms with Gasteiger partial charge in [0.15, 0.2) is 0 Å². The molecule has 116 valence electrons. The summed E-state index contributed by atoms with van der Waals surface area (Å²) in [5, 5.41) is 0. The third-order valence-electron chi connectivity index (χ3n) is 4.11. The number of thioether (sulfide) groups is 2. The molecule has 0 bridgehead atoms. The summed E-state index contributed by atoms with van der Waals surface area (Å²) < 4.78 is 7.18. The Morgan fingerprint density at radius 2 is 1.80 bits per heavy atom. The van der Waals surface area contributed by atoms with Crippen LogP contribution in [0.3, 0.4) is 0 Å². The van der Waals surface area contributed by atoms with Crippen molar-refractivity contribution in [3.8, 4) is 0 Å². The van der Waals surface area contributed by atoms with Crippen LogP contribution in [0, 0.1) is 0 Å². The van der Waals surface area contributed by atoms with Crippen LogP contribution in [0.1, 0.15) is 40.0 Å². The Hall–Kier alpha value is 0.197. The van der Waals surface area contributed by atoms with Crippen molar-refractivity contribution < 1.29 is 4.43 Å². The summed E-state index contributed by atoms with van der Waals surface area (Å²) in [4.78, 5) is 0. The summed E-state index contributed by atoms with van der Waals surface area (Å²) >= 11 is 4.25. The Labute approximate surface area is 135 Å². The fraction of sp³-hybridized carbons (Fsp3) is 0.750. The van der Waals surface area contributed by atoms with Gasteiger partial charge in [-0.25, -0.2) is 0 Å². The molecule has 0 atom stereocenters. The Kier molecular flexibility index (Phi) is 9.13. The van der Waals surface area contributed by atoms with Crippen LogP contribution < -0.4 is 0 Å². The van der Waals surface area contributed by atoms with Crippen LogP contribution in [-0.2, 0) is 4.43 Å². The SMILES string of the molecule is C=C/C(=C/CCC1SCCCS1)O[Si](CC)(CC)CC. The van der Waals surface area contributed by atoms with Gasteiger partial charge in [-0.3, -0.25) is 0 Å². The Morgan fingerprint density at radius 1 is 1.20 bits per heavy atom. The molecule has 0 aromatic rings. The lowest BCUT2D eigenvalue weighted by molar-refractivity contribution is 0.420. The molecule has 0 N–H and O–H groups in total. The van der Waals surface area contributed by atoms with E-state index in [1.165, 1.54) is 42.5 Å². The molecular formula is C16H30OS2Si. The van der Waals surface area contributed by atoms with Gasteiger partial charge in [-0.2, -0.15) is 0 Å². The first kappa shape index (κ1) is 18.2. The highest BCUT2D eigenvalue weighted by Crippen LogP contribution is 2.34. The molecule has 1 heterocycles. The number of rotatable bonds is 9. The highest BCUT2D eigenvalue weighted by Gasteiger charge is 2.30. The van der Waals surface area contributed by atoms with Crippen molar-refractivity contribution in [2.24, 2.45) is 0 Å². The quantitative estimate of drug-likeness (QED) is 0.289. The Balaban J connectivity index is 2.47. The number of hydrogen-bond donors (Lipinski definition) is 0. The molecular weight excluding hydrogens is 300 g/mol. The minimum Gasteiger partial charge on any atom is -0.544 e. The smallest absolute Gasteiger partial charge is 0.250 e. The lowest BCUT2D eigenvalue weighted by atomic mass is 10.3. The van der Waals surface area contributed by atoms with E-state index in [2.05, 4.69) is 56.9 Å². The van der Waals surface area contributed by atoms with Crippen molar-refractivity contribution in [2.75, 3.05) is 11.5 Å². The van der Waals surface area contributed by atoms with E-state index >= 15 is 0 Å². The number of allylic oxidation sites excluding steroid dienone is 2. The predicted octanol–water partition coefficient (Wildman–Crippen LogP) is 6.05. The van der Waals surface area contributed by atoms with Crippen molar-refractivity contribution in [1.29, 1.82) is 0 Å². The summed E-state index contributed by atoms with van der Waals surface area (Å²) in [6.07, 6.45) is 7.93. The van der Waals surface area contributed by atoms with Crippen LogP contribution in [0.2, 0.25) is 18.1 Å². The van der Waals surface area contributed by atoms with Crippen molar-refractivity contribution in [2.45, 2.75) is 62.7 Å². The minimum atomic E-state index is -1.54. The third kappa shape index (κ3) is 5.90. The molecule has 1 saturated heterocycles. The first-order valence-electron chi connectivity index (χ1n) is 7.94. The van der Waals surface area contributed by atoms with Gasteiger partial charge in [0.05, 0.1) is 10.3 Å². The van der Waals surface area contributed by atoms with Crippen LogP contribution in [0.4, 0.5) is 0 Å². The van der Waals surface area contributed by atoms with E-state index in [0.717, 1.165) is 16.8 Å². The Morgan fingerprint density at radius 3 is 2.30 bits per heavy atom. The first-order chi connectivity index (χ1) is 9.69. The van der Waals surface area contributed by atoms with Gasteiger partial charge in [-0.1, -0.05) is 27.4 Å². The molecule has 1 aliphatic rings. The van der Waals surface area contributed by atoms with Crippen LogP contribution in [0.15, 0.2) is 24.5 Å². The van der Waals surface area contributed by atoms with Crippen LogP contribution in [0.25, 0.3) is 0 Å². The molecule has 0 saturated carbocycles. The zero-order valence-corrected chi connectivity index (χ0v) is 16.0. The zero-order chi connectivity index (χ0) is 14.8. The fourth-order valence-electron chi connectivity index (χ4n) is 2.45. The second kappa shape index (κ2) is 10.0. The maximum Gasteiger partial charge on any atom is 0.250 e. The monoisotopic (exact) mass is 330 g/mol. The average molecular weight is 331 g/mol. The highest BCUT2D eigenvalue weighted by atomic mass is 32.2. The minimum absolute atomic E-state index is 0.789. The van der Waals surface area contributed by atoms with Crippen LogP contribution in [0.5, 0.6) is 0 Å². The molecule has 0 aliphatic carbocycles. The third-order valence-corrected chi connectivity index (χ3v) is 11.7. The van der Waals surface area contributed by atoms with Crippen molar-refractivity contribution in [3.05, 3.63) is 24.5 Å². The van der Waals surface area contributed by atoms with Gasteiger partial charge in [0, 0.05) is 0 Å². The normalized spacial score (nSPS) is 18.1. The second-order valence-corrected chi connectivity index (χ2v) is 12.9. The van der Waals surface area contributed by atoms with Gasteiger partial charge >= 0.3 is 0 Å². The van der Waals surface area contributed by atoms with Crippen molar-refractivity contribution >= 4 is 31.8 Å². The molecule has 0 radical (unpaired) electrons. The molecule has 1 fully saturated rings. The molecule has 0 aromatic heterocycles. The molecule has 0 aromatic carbocycles. The molecule has 20 heavy (non-hydrogen) atoms. The van der Waals surface area contributed by atoms with Crippen molar-refractivity contribution in [3.63, 3.8) is 0 Å². The molecule has 1 rings (SSSR count). The summed E-state index contributed by atoms with van der Waals surface area (Å²) in [5.74, 6) is 3.71. The lowest BCUT2D eigenvalue weighted by Gasteiger charge is -2.29. The van der Waals surface area contributed by atoms with Gasteiger partial charge in [0.2, 0.25) is 8.32 Å². The maximum absolute atomic E-state index is 6.39. The van der Waals surface area contributed by atoms with Crippen molar-refractivity contribution in [1.82, 2.24) is 0 Å². The molecule has 0 amide bonds. The fourth-order valence-corrected chi connectivity index (χ4v) is 7.95.